The Balaban J connectivity index is 2.07. The minimum absolute atomic E-state index is 0.0346. The zero-order valence-corrected chi connectivity index (χ0v) is 14.7. The van der Waals surface area contributed by atoms with Gasteiger partial charge in [0.25, 0.3) is 0 Å². The van der Waals surface area contributed by atoms with Crippen LogP contribution in [-0.2, 0) is 16.6 Å². The van der Waals surface area contributed by atoms with Crippen molar-refractivity contribution < 1.29 is 8.42 Å². The molecule has 1 aromatic rings. The van der Waals surface area contributed by atoms with Gasteiger partial charge < -0.3 is 5.32 Å². The van der Waals surface area contributed by atoms with E-state index in [9.17, 15) is 8.42 Å². The summed E-state index contributed by atoms with van der Waals surface area (Å²) in [4.78, 5) is 2.43. The average molecular weight is 331 g/mol. The van der Waals surface area contributed by atoms with Crippen LogP contribution in [0.5, 0.6) is 0 Å². The van der Waals surface area contributed by atoms with Gasteiger partial charge in [0.15, 0.2) is 0 Å². The highest BCUT2D eigenvalue weighted by molar-refractivity contribution is 7.89. The van der Waals surface area contributed by atoms with Gasteiger partial charge in [-0.15, -0.1) is 11.3 Å². The van der Waals surface area contributed by atoms with Crippen LogP contribution in [0.3, 0.4) is 0 Å². The largest absolute Gasteiger partial charge is 0.309 e. The Morgan fingerprint density at radius 1 is 1.38 bits per heavy atom. The third-order valence-electron chi connectivity index (χ3n) is 3.81. The summed E-state index contributed by atoms with van der Waals surface area (Å²) in [6.45, 7) is 6.77. The average Bonchev–Trinajstić information content (AvgIpc) is 3.18. The van der Waals surface area contributed by atoms with E-state index in [-0.39, 0.29) is 6.04 Å². The van der Waals surface area contributed by atoms with E-state index < -0.39 is 10.0 Å². The maximum absolute atomic E-state index is 12.5. The van der Waals surface area contributed by atoms with Crippen LogP contribution in [0.25, 0.3) is 0 Å². The second kappa shape index (κ2) is 7.22. The maximum atomic E-state index is 12.5. The lowest BCUT2D eigenvalue weighted by molar-refractivity contribution is 0.512. The van der Waals surface area contributed by atoms with Crippen LogP contribution in [0.1, 0.15) is 55.7 Å². The molecular formula is C15H26N2O2S2. The number of aryl methyl sites for hydroxylation is 1. The van der Waals surface area contributed by atoms with Crippen molar-refractivity contribution in [2.24, 2.45) is 0 Å². The van der Waals surface area contributed by atoms with E-state index in [1.165, 1.54) is 12.8 Å². The Labute approximate surface area is 132 Å². The molecule has 1 saturated carbocycles. The van der Waals surface area contributed by atoms with Gasteiger partial charge in [-0.3, -0.25) is 0 Å². The smallest absolute Gasteiger partial charge is 0.241 e. The van der Waals surface area contributed by atoms with Crippen molar-refractivity contribution in [1.29, 1.82) is 0 Å². The summed E-state index contributed by atoms with van der Waals surface area (Å²) in [6, 6.07) is 2.50. The van der Waals surface area contributed by atoms with Crippen LogP contribution in [0.15, 0.2) is 11.0 Å². The van der Waals surface area contributed by atoms with Gasteiger partial charge in [-0.05, 0) is 38.7 Å². The van der Waals surface area contributed by atoms with Crippen molar-refractivity contribution >= 4 is 21.4 Å². The van der Waals surface area contributed by atoms with Gasteiger partial charge in [0.1, 0.15) is 0 Å². The van der Waals surface area contributed by atoms with Crippen LogP contribution in [-0.4, -0.2) is 20.5 Å². The van der Waals surface area contributed by atoms with Crippen molar-refractivity contribution in [3.63, 3.8) is 0 Å². The lowest BCUT2D eigenvalue weighted by atomic mass is 10.1. The molecule has 2 rings (SSSR count). The molecule has 21 heavy (non-hydrogen) atoms. The first-order chi connectivity index (χ1) is 9.96. The van der Waals surface area contributed by atoms with Gasteiger partial charge in [0.05, 0.1) is 4.90 Å². The van der Waals surface area contributed by atoms with E-state index in [1.54, 1.807) is 11.3 Å². The fraction of sp³-hybridized carbons (Fsp3) is 0.733. The van der Waals surface area contributed by atoms with Crippen LogP contribution >= 0.6 is 11.3 Å². The number of sulfonamides is 1. The lowest BCUT2D eigenvalue weighted by Crippen LogP contribution is -2.34. The highest BCUT2D eigenvalue weighted by Gasteiger charge is 2.24. The maximum Gasteiger partial charge on any atom is 0.241 e. The van der Waals surface area contributed by atoms with Gasteiger partial charge in [-0.25, -0.2) is 13.1 Å². The molecule has 2 N–H and O–H groups in total. The highest BCUT2D eigenvalue weighted by Crippen LogP contribution is 2.27. The zero-order chi connectivity index (χ0) is 15.5. The van der Waals surface area contributed by atoms with Gasteiger partial charge >= 0.3 is 0 Å². The molecule has 1 fully saturated rings. The molecule has 0 saturated heterocycles. The number of hydrogen-bond acceptors (Lipinski definition) is 4. The predicted molar refractivity (Wildman–Crippen MR) is 88.2 cm³/mol. The Bertz CT molecular complexity index is 562. The molecule has 1 heterocycles. The number of nitrogens with one attached hydrogen (secondary N) is 2. The molecule has 1 aliphatic rings. The Morgan fingerprint density at radius 2 is 2.10 bits per heavy atom. The van der Waals surface area contributed by atoms with Crippen LogP contribution < -0.4 is 10.0 Å². The third-order valence-corrected chi connectivity index (χ3v) is 6.63. The van der Waals surface area contributed by atoms with Gasteiger partial charge in [-0.1, -0.05) is 20.3 Å². The molecule has 0 bridgehead atoms. The van der Waals surface area contributed by atoms with Crippen LogP contribution in [0.2, 0.25) is 0 Å². The van der Waals surface area contributed by atoms with E-state index in [4.69, 9.17) is 0 Å². The van der Waals surface area contributed by atoms with E-state index >= 15 is 0 Å². The normalized spacial score (nSPS) is 17.1. The van der Waals surface area contributed by atoms with E-state index in [1.807, 2.05) is 19.9 Å². The Kier molecular flexibility index (Phi) is 5.82. The summed E-state index contributed by atoms with van der Waals surface area (Å²) in [7, 11) is -3.39. The minimum atomic E-state index is -3.39. The Hall–Kier alpha value is -0.430. The summed E-state index contributed by atoms with van der Waals surface area (Å²) < 4.78 is 27.9. The molecule has 120 valence electrons. The van der Waals surface area contributed by atoms with Gasteiger partial charge in [0.2, 0.25) is 10.0 Å². The fourth-order valence-corrected chi connectivity index (χ4v) is 5.33. The summed E-state index contributed by atoms with van der Waals surface area (Å²) in [6.07, 6.45) is 5.18. The molecule has 0 amide bonds. The highest BCUT2D eigenvalue weighted by atomic mass is 32.2. The van der Waals surface area contributed by atoms with Gasteiger partial charge in [-0.2, -0.15) is 0 Å². The van der Waals surface area contributed by atoms with Crippen LogP contribution in [0, 0.1) is 6.92 Å². The number of thiophene rings is 1. The van der Waals surface area contributed by atoms with E-state index in [0.717, 1.165) is 35.6 Å². The molecule has 1 aliphatic carbocycles. The SMILES string of the molecule is CCCC(CC)NS(=O)(=O)c1cc(CNC2CC2)sc1C. The summed E-state index contributed by atoms with van der Waals surface area (Å²) in [5.74, 6) is 0. The van der Waals surface area contributed by atoms with Crippen molar-refractivity contribution in [2.75, 3.05) is 0 Å². The molecule has 4 nitrogen and oxygen atoms in total. The van der Waals surface area contributed by atoms with Gasteiger partial charge in [0, 0.05) is 28.4 Å². The minimum Gasteiger partial charge on any atom is -0.309 e. The first-order valence-corrected chi connectivity index (χ1v) is 10.1. The molecular weight excluding hydrogens is 304 g/mol. The summed E-state index contributed by atoms with van der Waals surface area (Å²) in [5.41, 5.74) is 0. The molecule has 0 spiro atoms. The van der Waals surface area contributed by atoms with Crippen LogP contribution in [0.4, 0.5) is 0 Å². The van der Waals surface area contributed by atoms with Crippen molar-refractivity contribution in [2.45, 2.75) is 76.4 Å². The zero-order valence-electron chi connectivity index (χ0n) is 13.1. The predicted octanol–water partition coefficient (Wildman–Crippen LogP) is 3.17. The number of rotatable bonds is 9. The second-order valence-corrected chi connectivity index (χ2v) is 8.83. The quantitative estimate of drug-likeness (QED) is 0.731. The lowest BCUT2D eigenvalue weighted by Gasteiger charge is -2.16. The van der Waals surface area contributed by atoms with Crippen molar-refractivity contribution in [3.05, 3.63) is 15.8 Å². The first kappa shape index (κ1) is 16.9. The molecule has 0 aromatic carbocycles. The van der Waals surface area contributed by atoms with Crippen molar-refractivity contribution in [3.8, 4) is 0 Å². The third kappa shape index (κ3) is 4.77. The Morgan fingerprint density at radius 3 is 2.67 bits per heavy atom. The topological polar surface area (TPSA) is 58.2 Å². The fourth-order valence-electron chi connectivity index (χ4n) is 2.39. The molecule has 6 heteroatoms. The summed E-state index contributed by atoms with van der Waals surface area (Å²) in [5, 5.41) is 3.43. The first-order valence-electron chi connectivity index (χ1n) is 7.81. The molecule has 1 atom stereocenters. The molecule has 0 aliphatic heterocycles. The monoisotopic (exact) mass is 330 g/mol. The van der Waals surface area contributed by atoms with E-state index in [0.29, 0.717) is 10.9 Å². The molecule has 0 radical (unpaired) electrons. The summed E-state index contributed by atoms with van der Waals surface area (Å²) >= 11 is 1.58. The molecule has 1 unspecified atom stereocenters. The standard InChI is InChI=1S/C15H26N2O2S2/c1-4-6-12(5-2)17-21(18,19)15-9-14(20-11(15)3)10-16-13-7-8-13/h9,12-13,16-17H,4-8,10H2,1-3H3. The second-order valence-electron chi connectivity index (χ2n) is 5.80. The van der Waals surface area contributed by atoms with Crippen molar-refractivity contribution in [1.82, 2.24) is 10.0 Å². The molecule has 1 aromatic heterocycles. The number of hydrogen-bond donors (Lipinski definition) is 2. The van der Waals surface area contributed by atoms with E-state index in [2.05, 4.69) is 17.0 Å².